The van der Waals surface area contributed by atoms with Crippen LogP contribution in [-0.4, -0.2) is 21.1 Å². The third-order valence-corrected chi connectivity index (χ3v) is 5.03. The lowest BCUT2D eigenvalue weighted by Crippen LogP contribution is -1.96. The summed E-state index contributed by atoms with van der Waals surface area (Å²) in [6, 6.07) is 2.03. The van der Waals surface area contributed by atoms with Crippen LogP contribution in [0.15, 0.2) is 21.2 Å². The predicted molar refractivity (Wildman–Crippen MR) is 74.6 cm³/mol. The molecule has 0 saturated heterocycles. The second-order valence-corrected chi connectivity index (χ2v) is 6.52. The minimum Gasteiger partial charge on any atom is -0.357 e. The first kappa shape index (κ1) is 13.3. The zero-order chi connectivity index (χ0) is 13.0. The average molecular weight is 316 g/mol. The van der Waals surface area contributed by atoms with Crippen LogP contribution in [0.2, 0.25) is 5.15 Å². The van der Waals surface area contributed by atoms with E-state index >= 15 is 0 Å². The van der Waals surface area contributed by atoms with Crippen molar-refractivity contribution in [3.8, 4) is 6.07 Å². The molecule has 0 radical (unpaired) electrons. The van der Waals surface area contributed by atoms with E-state index in [9.17, 15) is 0 Å². The van der Waals surface area contributed by atoms with Crippen LogP contribution < -0.4 is 5.32 Å². The van der Waals surface area contributed by atoms with Crippen LogP contribution in [0.4, 0.5) is 5.13 Å². The Morgan fingerprint density at radius 2 is 2.39 bits per heavy atom. The van der Waals surface area contributed by atoms with E-state index in [2.05, 4.69) is 26.5 Å². The van der Waals surface area contributed by atoms with Crippen molar-refractivity contribution < 1.29 is 0 Å². The Bertz CT molecular complexity index is 600. The molecule has 2 aromatic rings. The van der Waals surface area contributed by atoms with E-state index in [0.29, 0.717) is 17.2 Å². The highest BCUT2D eigenvalue weighted by atomic mass is 35.5. The number of aromatic nitrogens is 3. The number of anilines is 1. The third kappa shape index (κ3) is 3.00. The van der Waals surface area contributed by atoms with Crippen molar-refractivity contribution in [3.63, 3.8) is 0 Å². The summed E-state index contributed by atoms with van der Waals surface area (Å²) in [6.07, 6.45) is 1.74. The molecule has 0 unspecified atom stereocenters. The van der Waals surface area contributed by atoms with Crippen molar-refractivity contribution >= 4 is 51.4 Å². The summed E-state index contributed by atoms with van der Waals surface area (Å²) in [5, 5.41) is 20.9. The van der Waals surface area contributed by atoms with Gasteiger partial charge in [0.1, 0.15) is 15.8 Å². The van der Waals surface area contributed by atoms with Gasteiger partial charge in [0.2, 0.25) is 5.13 Å². The van der Waals surface area contributed by atoms with Crippen LogP contribution in [0.3, 0.4) is 0 Å². The van der Waals surface area contributed by atoms with E-state index in [4.69, 9.17) is 16.9 Å². The lowest BCUT2D eigenvalue weighted by Gasteiger charge is -1.93. The quantitative estimate of drug-likeness (QED) is 0.854. The van der Waals surface area contributed by atoms with Gasteiger partial charge in [0.15, 0.2) is 9.49 Å². The Labute approximate surface area is 121 Å². The van der Waals surface area contributed by atoms with E-state index < -0.39 is 0 Å². The molecule has 0 bridgehead atoms. The van der Waals surface area contributed by atoms with Crippen LogP contribution >= 0.6 is 46.2 Å². The van der Waals surface area contributed by atoms with Gasteiger partial charge in [-0.3, -0.25) is 0 Å². The fourth-order valence-electron chi connectivity index (χ4n) is 0.980. The van der Waals surface area contributed by atoms with Crippen molar-refractivity contribution in [2.45, 2.75) is 8.55 Å². The molecule has 0 spiro atoms. The standard InChI is InChI=1S/C9H6ClN5S3/c1-2-3-12-8-13-14-9(17-8)16-7-5(4-11)6(10)15-18-7/h2H,1,3H2,(H,12,13). The summed E-state index contributed by atoms with van der Waals surface area (Å²) < 4.78 is 5.40. The zero-order valence-electron chi connectivity index (χ0n) is 8.88. The molecule has 2 heterocycles. The third-order valence-electron chi connectivity index (χ3n) is 1.72. The van der Waals surface area contributed by atoms with E-state index in [-0.39, 0.29) is 5.15 Å². The maximum Gasteiger partial charge on any atom is 0.206 e. The molecule has 0 amide bonds. The van der Waals surface area contributed by atoms with E-state index in [1.165, 1.54) is 34.6 Å². The molecule has 0 aliphatic heterocycles. The number of halogens is 1. The first-order chi connectivity index (χ1) is 8.74. The van der Waals surface area contributed by atoms with Crippen molar-refractivity contribution in [2.24, 2.45) is 0 Å². The van der Waals surface area contributed by atoms with E-state index in [1.54, 1.807) is 6.08 Å². The average Bonchev–Trinajstić information content (AvgIpc) is 2.95. The summed E-state index contributed by atoms with van der Waals surface area (Å²) in [4.78, 5) is 0. The molecule has 18 heavy (non-hydrogen) atoms. The fourth-order valence-corrected chi connectivity index (χ4v) is 4.10. The molecule has 0 aromatic carbocycles. The first-order valence-electron chi connectivity index (χ1n) is 4.66. The SMILES string of the molecule is C=CCNc1nnc(Sc2snc(Cl)c2C#N)s1. The van der Waals surface area contributed by atoms with Gasteiger partial charge in [-0.15, -0.1) is 16.8 Å². The van der Waals surface area contributed by atoms with Crippen LogP contribution in [0.5, 0.6) is 0 Å². The molecule has 92 valence electrons. The van der Waals surface area contributed by atoms with Gasteiger partial charge in [0, 0.05) is 6.54 Å². The van der Waals surface area contributed by atoms with Crippen LogP contribution in [0.1, 0.15) is 5.56 Å². The molecule has 0 atom stereocenters. The van der Waals surface area contributed by atoms with Crippen LogP contribution in [0, 0.1) is 11.3 Å². The minimum absolute atomic E-state index is 0.236. The van der Waals surface area contributed by atoms with Gasteiger partial charge >= 0.3 is 0 Å². The second kappa shape index (κ2) is 6.15. The van der Waals surface area contributed by atoms with Gasteiger partial charge in [-0.2, -0.15) is 9.64 Å². The molecule has 0 saturated carbocycles. The van der Waals surface area contributed by atoms with E-state index in [1.807, 2.05) is 6.07 Å². The number of rotatable bonds is 5. The minimum atomic E-state index is 0.236. The molecule has 0 aliphatic carbocycles. The van der Waals surface area contributed by atoms with Gasteiger partial charge in [-0.1, -0.05) is 29.0 Å². The smallest absolute Gasteiger partial charge is 0.206 e. The van der Waals surface area contributed by atoms with E-state index in [0.717, 1.165) is 8.55 Å². The highest BCUT2D eigenvalue weighted by Gasteiger charge is 2.15. The molecule has 1 N–H and O–H groups in total. The van der Waals surface area contributed by atoms with Gasteiger partial charge < -0.3 is 5.32 Å². The molecule has 0 aliphatic rings. The Hall–Kier alpha value is -1.14. The zero-order valence-corrected chi connectivity index (χ0v) is 12.1. The summed E-state index contributed by atoms with van der Waals surface area (Å²) in [7, 11) is 0. The topological polar surface area (TPSA) is 74.5 Å². The Balaban J connectivity index is 2.11. The van der Waals surface area contributed by atoms with Crippen molar-refractivity contribution in [2.75, 3.05) is 11.9 Å². The summed E-state index contributed by atoms with van der Waals surface area (Å²) >= 11 is 9.72. The normalized spacial score (nSPS) is 10.0. The Kier molecular flexibility index (Phi) is 4.54. The lowest BCUT2D eigenvalue weighted by molar-refractivity contribution is 1.01. The highest BCUT2D eigenvalue weighted by molar-refractivity contribution is 8.02. The maximum absolute atomic E-state index is 8.95. The molecule has 0 fully saturated rings. The summed E-state index contributed by atoms with van der Waals surface area (Å²) in [5.74, 6) is 0. The highest BCUT2D eigenvalue weighted by Crippen LogP contribution is 2.38. The van der Waals surface area contributed by atoms with Gasteiger partial charge in [-0.05, 0) is 23.3 Å². The second-order valence-electron chi connectivity index (χ2n) is 2.89. The van der Waals surface area contributed by atoms with Gasteiger partial charge in [0.25, 0.3) is 0 Å². The monoisotopic (exact) mass is 315 g/mol. The number of nitriles is 1. The molecule has 2 rings (SSSR count). The summed E-state index contributed by atoms with van der Waals surface area (Å²) in [5.41, 5.74) is 0.391. The molecule has 5 nitrogen and oxygen atoms in total. The predicted octanol–water partition coefficient (Wildman–Crippen LogP) is 3.27. The van der Waals surface area contributed by atoms with Gasteiger partial charge in [-0.25, -0.2) is 0 Å². The Morgan fingerprint density at radius 1 is 1.56 bits per heavy atom. The first-order valence-corrected chi connectivity index (χ1v) is 7.44. The lowest BCUT2D eigenvalue weighted by atomic mass is 10.4. The number of nitrogens with zero attached hydrogens (tertiary/aromatic N) is 4. The van der Waals surface area contributed by atoms with Crippen molar-refractivity contribution in [1.82, 2.24) is 14.6 Å². The van der Waals surface area contributed by atoms with Crippen LogP contribution in [-0.2, 0) is 0 Å². The number of hydrogen-bond donors (Lipinski definition) is 1. The van der Waals surface area contributed by atoms with Gasteiger partial charge in [0.05, 0.1) is 0 Å². The molecule has 9 heteroatoms. The Morgan fingerprint density at radius 3 is 3.11 bits per heavy atom. The molecular formula is C9H6ClN5S3. The molecule has 2 aromatic heterocycles. The maximum atomic E-state index is 8.95. The summed E-state index contributed by atoms with van der Waals surface area (Å²) in [6.45, 7) is 4.24. The number of nitrogens with one attached hydrogen (secondary N) is 1. The van der Waals surface area contributed by atoms with Crippen molar-refractivity contribution in [1.29, 1.82) is 5.26 Å². The number of hydrogen-bond acceptors (Lipinski definition) is 8. The van der Waals surface area contributed by atoms with Crippen LogP contribution in [0.25, 0.3) is 0 Å². The molecular weight excluding hydrogens is 310 g/mol. The fraction of sp³-hybridized carbons (Fsp3) is 0.111. The van der Waals surface area contributed by atoms with Crippen molar-refractivity contribution in [3.05, 3.63) is 23.4 Å². The largest absolute Gasteiger partial charge is 0.357 e.